The van der Waals surface area contributed by atoms with Crippen molar-refractivity contribution in [3.8, 4) is 0 Å². The van der Waals surface area contributed by atoms with Crippen LogP contribution >= 0.6 is 0 Å². The van der Waals surface area contributed by atoms with E-state index in [1.165, 1.54) is 0 Å². The Morgan fingerprint density at radius 3 is 2.23 bits per heavy atom. The molecule has 3 heteroatoms. The third kappa shape index (κ3) is 2.99. The number of carboxylic acid groups (broad SMARTS) is 1. The van der Waals surface area contributed by atoms with Gasteiger partial charge in [0, 0.05) is 0 Å². The number of carbonyl (C=O) groups is 1. The fourth-order valence-corrected chi connectivity index (χ4v) is 2.66. The van der Waals surface area contributed by atoms with Crippen LogP contribution in [0.15, 0.2) is 0 Å². The molecule has 76 valence electrons. The molecule has 0 aromatic heterocycles. The highest BCUT2D eigenvalue weighted by Crippen LogP contribution is 2.37. The number of carboxylic acids is 1. The zero-order valence-electron chi connectivity index (χ0n) is 8.29. The van der Waals surface area contributed by atoms with E-state index in [0.717, 1.165) is 6.42 Å². The van der Waals surface area contributed by atoms with Crippen molar-refractivity contribution >= 4 is 5.97 Å². The molecule has 1 aliphatic rings. The molecule has 2 N–H and O–H groups in total. The van der Waals surface area contributed by atoms with Gasteiger partial charge in [0.05, 0.1) is 12.0 Å². The van der Waals surface area contributed by atoms with E-state index in [0.29, 0.717) is 24.7 Å². The molecule has 0 saturated heterocycles. The second-order valence-electron chi connectivity index (χ2n) is 4.65. The monoisotopic (exact) mass is 186 g/mol. The molecular formula is C10H18O3. The highest BCUT2D eigenvalue weighted by molar-refractivity contribution is 5.68. The first-order chi connectivity index (χ1) is 5.91. The summed E-state index contributed by atoms with van der Waals surface area (Å²) in [5, 5.41) is 18.6. The van der Waals surface area contributed by atoms with Gasteiger partial charge in [-0.25, -0.2) is 0 Å². The minimum absolute atomic E-state index is 0.109. The lowest BCUT2D eigenvalue weighted by atomic mass is 9.72. The van der Waals surface area contributed by atoms with Gasteiger partial charge in [-0.1, -0.05) is 13.8 Å². The van der Waals surface area contributed by atoms with Gasteiger partial charge in [0.25, 0.3) is 0 Å². The van der Waals surface area contributed by atoms with Crippen molar-refractivity contribution in [1.29, 1.82) is 0 Å². The highest BCUT2D eigenvalue weighted by atomic mass is 16.4. The average molecular weight is 186 g/mol. The molecule has 0 amide bonds. The third-order valence-corrected chi connectivity index (χ3v) is 2.74. The predicted octanol–water partition coefficient (Wildman–Crippen LogP) is 1.65. The van der Waals surface area contributed by atoms with Crippen LogP contribution in [0.2, 0.25) is 0 Å². The summed E-state index contributed by atoms with van der Waals surface area (Å²) in [6.07, 6.45) is 2.25. The summed E-state index contributed by atoms with van der Waals surface area (Å²) in [7, 11) is 0. The van der Waals surface area contributed by atoms with Gasteiger partial charge in [0.1, 0.15) is 0 Å². The van der Waals surface area contributed by atoms with Gasteiger partial charge in [-0.2, -0.15) is 0 Å². The zero-order valence-corrected chi connectivity index (χ0v) is 8.29. The van der Waals surface area contributed by atoms with Gasteiger partial charge in [-0.15, -0.1) is 0 Å². The molecular weight excluding hydrogens is 168 g/mol. The molecule has 0 aromatic rings. The Balaban J connectivity index is 2.60. The van der Waals surface area contributed by atoms with Crippen LogP contribution in [-0.4, -0.2) is 21.8 Å². The predicted molar refractivity (Wildman–Crippen MR) is 49.4 cm³/mol. The molecule has 1 saturated carbocycles. The Morgan fingerprint density at radius 2 is 1.85 bits per heavy atom. The summed E-state index contributed by atoms with van der Waals surface area (Å²) in [6.45, 7) is 4.14. The Kier molecular flexibility index (Phi) is 2.96. The first kappa shape index (κ1) is 10.5. The molecule has 3 nitrogen and oxygen atoms in total. The number of aliphatic hydroxyl groups is 1. The van der Waals surface area contributed by atoms with E-state index in [9.17, 15) is 9.90 Å². The first-order valence-electron chi connectivity index (χ1n) is 4.85. The number of hydrogen-bond acceptors (Lipinski definition) is 2. The molecule has 1 aliphatic carbocycles. The van der Waals surface area contributed by atoms with Crippen molar-refractivity contribution in [2.45, 2.75) is 45.1 Å². The van der Waals surface area contributed by atoms with E-state index >= 15 is 0 Å². The molecule has 0 spiro atoms. The molecule has 0 bridgehead atoms. The Bertz CT molecular complexity index is 190. The molecule has 0 aliphatic heterocycles. The average Bonchev–Trinajstić information content (AvgIpc) is 1.77. The number of rotatable bonds is 2. The fourth-order valence-electron chi connectivity index (χ4n) is 2.66. The third-order valence-electron chi connectivity index (χ3n) is 2.74. The number of hydrogen-bond donors (Lipinski definition) is 2. The fraction of sp³-hybridized carbons (Fsp3) is 0.900. The maximum atomic E-state index is 10.5. The molecule has 0 heterocycles. The van der Waals surface area contributed by atoms with Crippen LogP contribution in [0.5, 0.6) is 0 Å². The van der Waals surface area contributed by atoms with Crippen LogP contribution in [0.4, 0.5) is 0 Å². The SMILES string of the molecule is CC1CC(C)CC(O)(CC(=O)O)C1. The summed E-state index contributed by atoms with van der Waals surface area (Å²) < 4.78 is 0. The lowest BCUT2D eigenvalue weighted by molar-refractivity contribution is -0.145. The second kappa shape index (κ2) is 3.66. The largest absolute Gasteiger partial charge is 0.481 e. The van der Waals surface area contributed by atoms with Crippen LogP contribution in [0, 0.1) is 11.8 Å². The van der Waals surface area contributed by atoms with E-state index in [2.05, 4.69) is 13.8 Å². The van der Waals surface area contributed by atoms with E-state index < -0.39 is 11.6 Å². The lowest BCUT2D eigenvalue weighted by Crippen LogP contribution is -2.39. The Hall–Kier alpha value is -0.570. The second-order valence-corrected chi connectivity index (χ2v) is 4.65. The normalized spacial score (nSPS) is 40.2. The van der Waals surface area contributed by atoms with E-state index in [1.807, 2.05) is 0 Å². The van der Waals surface area contributed by atoms with E-state index in [-0.39, 0.29) is 6.42 Å². The van der Waals surface area contributed by atoms with Crippen LogP contribution < -0.4 is 0 Å². The van der Waals surface area contributed by atoms with Gasteiger partial charge in [-0.3, -0.25) is 4.79 Å². The molecule has 2 unspecified atom stereocenters. The van der Waals surface area contributed by atoms with Crippen molar-refractivity contribution in [2.24, 2.45) is 11.8 Å². The maximum Gasteiger partial charge on any atom is 0.306 e. The van der Waals surface area contributed by atoms with Crippen molar-refractivity contribution in [2.75, 3.05) is 0 Å². The summed E-state index contributed by atoms with van der Waals surface area (Å²) in [6, 6.07) is 0. The van der Waals surface area contributed by atoms with E-state index in [4.69, 9.17) is 5.11 Å². The lowest BCUT2D eigenvalue weighted by Gasteiger charge is -2.37. The minimum Gasteiger partial charge on any atom is -0.481 e. The van der Waals surface area contributed by atoms with Gasteiger partial charge in [0.15, 0.2) is 0 Å². The topological polar surface area (TPSA) is 57.5 Å². The molecule has 1 rings (SSSR count). The summed E-state index contributed by atoms with van der Waals surface area (Å²) >= 11 is 0. The van der Waals surface area contributed by atoms with Crippen molar-refractivity contribution < 1.29 is 15.0 Å². The Labute approximate surface area is 78.8 Å². The Morgan fingerprint density at radius 1 is 1.38 bits per heavy atom. The van der Waals surface area contributed by atoms with Crippen molar-refractivity contribution in [3.63, 3.8) is 0 Å². The quantitative estimate of drug-likeness (QED) is 0.689. The summed E-state index contributed by atoms with van der Waals surface area (Å²) in [5.41, 5.74) is -0.955. The highest BCUT2D eigenvalue weighted by Gasteiger charge is 2.37. The minimum atomic E-state index is -0.955. The molecule has 1 fully saturated rings. The number of aliphatic carboxylic acids is 1. The summed E-state index contributed by atoms with van der Waals surface area (Å²) in [5.74, 6) is -0.0231. The molecule has 0 radical (unpaired) electrons. The van der Waals surface area contributed by atoms with Crippen LogP contribution in [0.25, 0.3) is 0 Å². The van der Waals surface area contributed by atoms with Gasteiger partial charge < -0.3 is 10.2 Å². The van der Waals surface area contributed by atoms with Gasteiger partial charge in [0.2, 0.25) is 0 Å². The first-order valence-corrected chi connectivity index (χ1v) is 4.85. The molecule has 0 aromatic carbocycles. The van der Waals surface area contributed by atoms with Crippen LogP contribution in [0.1, 0.15) is 39.5 Å². The smallest absolute Gasteiger partial charge is 0.306 e. The van der Waals surface area contributed by atoms with Crippen molar-refractivity contribution in [3.05, 3.63) is 0 Å². The molecule has 2 atom stereocenters. The van der Waals surface area contributed by atoms with Gasteiger partial charge in [-0.05, 0) is 31.1 Å². The van der Waals surface area contributed by atoms with Crippen molar-refractivity contribution in [1.82, 2.24) is 0 Å². The van der Waals surface area contributed by atoms with Crippen LogP contribution in [0.3, 0.4) is 0 Å². The summed E-state index contributed by atoms with van der Waals surface area (Å²) in [4.78, 5) is 10.5. The van der Waals surface area contributed by atoms with Gasteiger partial charge >= 0.3 is 5.97 Å². The molecule has 13 heavy (non-hydrogen) atoms. The maximum absolute atomic E-state index is 10.5. The van der Waals surface area contributed by atoms with E-state index in [1.54, 1.807) is 0 Å². The zero-order chi connectivity index (χ0) is 10.1. The van der Waals surface area contributed by atoms with Crippen LogP contribution in [-0.2, 0) is 4.79 Å². The standard InChI is InChI=1S/C10H18O3/c1-7-3-8(2)5-10(13,4-7)6-9(11)12/h7-8,13H,3-6H2,1-2H3,(H,11,12).